The van der Waals surface area contributed by atoms with Gasteiger partial charge in [-0.05, 0) is 25.7 Å². The van der Waals surface area contributed by atoms with Crippen molar-refractivity contribution in [3.05, 3.63) is 0 Å². The molecule has 1 aliphatic carbocycles. The number of nitrogens with two attached hydrogens (primary N) is 1. The summed E-state index contributed by atoms with van der Waals surface area (Å²) >= 11 is 0. The van der Waals surface area contributed by atoms with E-state index in [-0.39, 0.29) is 48.3 Å². The highest BCUT2D eigenvalue weighted by atomic mass is 35.5. The molecule has 8 heteroatoms. The summed E-state index contributed by atoms with van der Waals surface area (Å²) in [5.41, 5.74) is 5.86. The highest BCUT2D eigenvalue weighted by Gasteiger charge is 2.36. The molecule has 2 atom stereocenters. The molecule has 154 valence electrons. The van der Waals surface area contributed by atoms with Crippen LogP contribution in [-0.2, 0) is 14.3 Å². The predicted molar refractivity (Wildman–Crippen MR) is 107 cm³/mol. The molecule has 0 bridgehead atoms. The Balaban J connectivity index is 0.00000169. The van der Waals surface area contributed by atoms with Crippen LogP contribution in [0.5, 0.6) is 0 Å². The third-order valence-corrected chi connectivity index (χ3v) is 5.88. The number of carbonyl (C=O) groups excluding carboxylic acids is 1. The molecule has 0 spiro atoms. The highest BCUT2D eigenvalue weighted by molar-refractivity contribution is 5.85. The highest BCUT2D eigenvalue weighted by Crippen LogP contribution is 2.37. The molecule has 26 heavy (non-hydrogen) atoms. The molecule has 1 saturated carbocycles. The van der Waals surface area contributed by atoms with Gasteiger partial charge >= 0.3 is 0 Å². The van der Waals surface area contributed by atoms with Crippen LogP contribution in [-0.4, -0.2) is 69.0 Å². The van der Waals surface area contributed by atoms with E-state index in [1.807, 2.05) is 0 Å². The number of rotatable bonds is 6. The average Bonchev–Trinajstić information content (AvgIpc) is 3.11. The second-order valence-electron chi connectivity index (χ2n) is 7.73. The van der Waals surface area contributed by atoms with Crippen molar-refractivity contribution in [1.82, 2.24) is 10.2 Å². The molecule has 6 nitrogen and oxygen atoms in total. The van der Waals surface area contributed by atoms with Gasteiger partial charge in [0.1, 0.15) is 6.10 Å². The second-order valence-corrected chi connectivity index (χ2v) is 7.73. The van der Waals surface area contributed by atoms with Crippen molar-refractivity contribution in [3.8, 4) is 0 Å². The lowest BCUT2D eigenvalue weighted by atomic mass is 9.73. The first-order chi connectivity index (χ1) is 11.7. The van der Waals surface area contributed by atoms with E-state index in [0.29, 0.717) is 6.54 Å². The molecule has 2 saturated heterocycles. The zero-order valence-corrected chi connectivity index (χ0v) is 17.3. The number of ether oxygens (including phenoxy) is 2. The van der Waals surface area contributed by atoms with Crippen LogP contribution in [0.3, 0.4) is 0 Å². The Labute approximate surface area is 169 Å². The molecular formula is C18H35Cl2N3O3. The van der Waals surface area contributed by atoms with Gasteiger partial charge in [-0.3, -0.25) is 9.69 Å². The Kier molecular flexibility index (Phi) is 10.7. The minimum Gasteiger partial charge on any atom is -0.379 e. The van der Waals surface area contributed by atoms with Crippen LogP contribution < -0.4 is 11.1 Å². The fourth-order valence-electron chi connectivity index (χ4n) is 4.39. The van der Waals surface area contributed by atoms with Crippen LogP contribution in [0.2, 0.25) is 0 Å². The monoisotopic (exact) mass is 411 g/mol. The van der Waals surface area contributed by atoms with E-state index in [0.717, 1.165) is 52.2 Å². The van der Waals surface area contributed by atoms with Gasteiger partial charge in [0, 0.05) is 38.1 Å². The van der Waals surface area contributed by atoms with Crippen molar-refractivity contribution in [3.63, 3.8) is 0 Å². The summed E-state index contributed by atoms with van der Waals surface area (Å²) in [5.74, 6) is 0.0536. The molecule has 0 unspecified atom stereocenters. The van der Waals surface area contributed by atoms with Gasteiger partial charge < -0.3 is 20.5 Å². The van der Waals surface area contributed by atoms with Crippen molar-refractivity contribution >= 4 is 30.7 Å². The van der Waals surface area contributed by atoms with Crippen LogP contribution >= 0.6 is 24.8 Å². The molecule has 3 fully saturated rings. The molecule has 0 radical (unpaired) electrons. The van der Waals surface area contributed by atoms with Crippen molar-refractivity contribution in [1.29, 1.82) is 0 Å². The Hall–Kier alpha value is -0.110. The molecule has 0 aromatic carbocycles. The molecule has 2 aliphatic heterocycles. The Morgan fingerprint density at radius 2 is 1.81 bits per heavy atom. The number of carbonyl (C=O) groups is 1. The van der Waals surface area contributed by atoms with Gasteiger partial charge in [-0.25, -0.2) is 0 Å². The molecule has 3 N–H and O–H groups in total. The number of amides is 1. The SMILES string of the molecule is Cl.Cl.NC[C@H]1CC[C@@H](C(=O)NCC2(CN3CCOCC3)CCCCC2)O1. The quantitative estimate of drug-likeness (QED) is 0.695. The Morgan fingerprint density at radius 1 is 1.12 bits per heavy atom. The number of halogens is 2. The number of hydrogen-bond acceptors (Lipinski definition) is 5. The van der Waals surface area contributed by atoms with E-state index in [1.165, 1.54) is 32.1 Å². The van der Waals surface area contributed by atoms with E-state index in [1.54, 1.807) is 0 Å². The van der Waals surface area contributed by atoms with Gasteiger partial charge in [0.05, 0.1) is 19.3 Å². The van der Waals surface area contributed by atoms with Crippen LogP contribution in [0.4, 0.5) is 0 Å². The largest absolute Gasteiger partial charge is 0.379 e. The maximum atomic E-state index is 12.5. The summed E-state index contributed by atoms with van der Waals surface area (Å²) in [5, 5.41) is 3.21. The van der Waals surface area contributed by atoms with Gasteiger partial charge in [0.2, 0.25) is 5.91 Å². The summed E-state index contributed by atoms with van der Waals surface area (Å²) in [6, 6.07) is 0. The number of nitrogens with one attached hydrogen (secondary N) is 1. The minimum atomic E-state index is -0.303. The molecular weight excluding hydrogens is 377 g/mol. The predicted octanol–water partition coefficient (Wildman–Crippen LogP) is 1.74. The lowest BCUT2D eigenvalue weighted by Gasteiger charge is -2.42. The molecule has 0 aromatic rings. The van der Waals surface area contributed by atoms with E-state index in [2.05, 4.69) is 10.2 Å². The third-order valence-electron chi connectivity index (χ3n) is 5.88. The molecule has 3 aliphatic rings. The van der Waals surface area contributed by atoms with Crippen molar-refractivity contribution in [2.75, 3.05) is 45.9 Å². The zero-order chi connectivity index (χ0) is 16.8. The summed E-state index contributed by atoms with van der Waals surface area (Å²) < 4.78 is 11.2. The van der Waals surface area contributed by atoms with Gasteiger partial charge in [-0.1, -0.05) is 19.3 Å². The minimum absolute atomic E-state index is 0. The molecule has 2 heterocycles. The van der Waals surface area contributed by atoms with Gasteiger partial charge in [0.25, 0.3) is 0 Å². The maximum Gasteiger partial charge on any atom is 0.249 e. The zero-order valence-electron chi connectivity index (χ0n) is 15.6. The van der Waals surface area contributed by atoms with Crippen LogP contribution in [0.25, 0.3) is 0 Å². The van der Waals surface area contributed by atoms with Crippen molar-refractivity contribution in [2.24, 2.45) is 11.1 Å². The van der Waals surface area contributed by atoms with Gasteiger partial charge in [0.15, 0.2) is 0 Å². The maximum absolute atomic E-state index is 12.5. The fourth-order valence-corrected chi connectivity index (χ4v) is 4.39. The average molecular weight is 412 g/mol. The summed E-state index contributed by atoms with van der Waals surface area (Å²) in [6.07, 6.45) is 7.73. The van der Waals surface area contributed by atoms with E-state index in [4.69, 9.17) is 15.2 Å². The van der Waals surface area contributed by atoms with Gasteiger partial charge in [-0.15, -0.1) is 24.8 Å². The van der Waals surface area contributed by atoms with Crippen LogP contribution in [0.1, 0.15) is 44.9 Å². The van der Waals surface area contributed by atoms with Crippen LogP contribution in [0, 0.1) is 5.41 Å². The van der Waals surface area contributed by atoms with E-state index in [9.17, 15) is 4.79 Å². The lowest BCUT2D eigenvalue weighted by Crippen LogP contribution is -2.50. The molecule has 3 rings (SSSR count). The standard InChI is InChI=1S/C18H33N3O3.2ClH/c19-12-15-4-5-16(24-15)17(22)20-13-18(6-2-1-3-7-18)14-21-8-10-23-11-9-21;;/h15-16H,1-14,19H2,(H,20,22);2*1H/t15-,16+;;/m1../s1. The topological polar surface area (TPSA) is 76.8 Å². The Morgan fingerprint density at radius 3 is 2.42 bits per heavy atom. The first-order valence-electron chi connectivity index (χ1n) is 9.64. The summed E-state index contributed by atoms with van der Waals surface area (Å²) in [7, 11) is 0. The summed E-state index contributed by atoms with van der Waals surface area (Å²) in [4.78, 5) is 15.0. The van der Waals surface area contributed by atoms with Crippen LogP contribution in [0.15, 0.2) is 0 Å². The van der Waals surface area contributed by atoms with E-state index < -0.39 is 0 Å². The Bertz CT molecular complexity index is 416. The van der Waals surface area contributed by atoms with E-state index >= 15 is 0 Å². The first-order valence-corrected chi connectivity index (χ1v) is 9.64. The van der Waals surface area contributed by atoms with Gasteiger partial charge in [-0.2, -0.15) is 0 Å². The molecule has 0 aromatic heterocycles. The summed E-state index contributed by atoms with van der Waals surface area (Å²) in [6.45, 7) is 6.05. The fraction of sp³-hybridized carbons (Fsp3) is 0.944. The van der Waals surface area contributed by atoms with Crippen molar-refractivity contribution < 1.29 is 14.3 Å². The third kappa shape index (κ3) is 6.50. The molecule has 1 amide bonds. The normalized spacial score (nSPS) is 28.7. The lowest BCUT2D eigenvalue weighted by molar-refractivity contribution is -0.132. The van der Waals surface area contributed by atoms with Crippen molar-refractivity contribution in [2.45, 2.75) is 57.2 Å². The number of morpholine rings is 1. The number of hydrogen-bond donors (Lipinski definition) is 2. The first kappa shape index (κ1) is 23.9. The second kappa shape index (κ2) is 11.7. The number of nitrogens with zero attached hydrogens (tertiary/aromatic N) is 1. The smallest absolute Gasteiger partial charge is 0.249 e.